The monoisotopic (exact) mass is 215 g/mol. The van der Waals surface area contributed by atoms with Crippen molar-refractivity contribution >= 4 is 29.2 Å². The van der Waals surface area contributed by atoms with Gasteiger partial charge >= 0.3 is 0 Å². The van der Waals surface area contributed by atoms with Gasteiger partial charge in [0.1, 0.15) is 0 Å². The Morgan fingerprint density at radius 2 is 1.33 bits per heavy atom. The van der Waals surface area contributed by atoms with Crippen LogP contribution in [0.25, 0.3) is 0 Å². The van der Waals surface area contributed by atoms with E-state index in [9.17, 15) is 0 Å². The van der Waals surface area contributed by atoms with Gasteiger partial charge < -0.3 is 0 Å². The first-order valence-electron chi connectivity index (χ1n) is 5.34. The summed E-state index contributed by atoms with van der Waals surface area (Å²) in [5.74, 6) is 0. The lowest BCUT2D eigenvalue weighted by Gasteiger charge is -2.19. The molecule has 0 nitrogen and oxygen atoms in total. The van der Waals surface area contributed by atoms with Crippen LogP contribution in [0.5, 0.6) is 0 Å². The molecule has 0 saturated heterocycles. The molecule has 2 rings (SSSR count). The van der Waals surface area contributed by atoms with E-state index in [-0.39, 0.29) is 0 Å². The van der Waals surface area contributed by atoms with Gasteiger partial charge in [0.05, 0.1) is 0 Å². The molecule has 0 amide bonds. The van der Waals surface area contributed by atoms with E-state index < -0.39 is 6.71 Å². The van der Waals surface area contributed by atoms with Crippen molar-refractivity contribution in [3.8, 4) is 0 Å². The van der Waals surface area contributed by atoms with Gasteiger partial charge in [0, 0.05) is 11.7 Å². The molecule has 2 aromatic carbocycles. The molecule has 0 spiro atoms. The van der Waals surface area contributed by atoms with E-state index in [1.807, 2.05) is 12.1 Å². The largest absolute Gasteiger partial charge is 0.208 e. The highest BCUT2D eigenvalue weighted by Crippen LogP contribution is 2.04. The van der Waals surface area contributed by atoms with Crippen LogP contribution >= 0.6 is 11.6 Å². The summed E-state index contributed by atoms with van der Waals surface area (Å²) in [7, 11) is 0. The zero-order valence-corrected chi connectivity index (χ0v) is 9.54. The van der Waals surface area contributed by atoms with Crippen molar-refractivity contribution in [2.24, 2.45) is 0 Å². The van der Waals surface area contributed by atoms with Crippen molar-refractivity contribution in [2.45, 2.75) is 6.82 Å². The molecular weight excluding hydrogens is 202 g/mol. The van der Waals surface area contributed by atoms with Crippen LogP contribution in [0.3, 0.4) is 0 Å². The Kier molecular flexibility index (Phi) is 3.12. The van der Waals surface area contributed by atoms with Crippen molar-refractivity contribution in [3.05, 3.63) is 59.6 Å². The summed E-state index contributed by atoms with van der Waals surface area (Å²) < 4.78 is 0. The smallest absolute Gasteiger partial charge is 0.0403 e. The van der Waals surface area contributed by atoms with Crippen LogP contribution < -0.4 is 10.9 Å². The number of hydrogen-bond acceptors (Lipinski definition) is 0. The van der Waals surface area contributed by atoms with Crippen LogP contribution in [-0.4, -0.2) is 6.71 Å². The fraction of sp³-hybridized carbons (Fsp3) is 0.0769. The predicted molar refractivity (Wildman–Crippen MR) is 70.2 cm³/mol. The van der Waals surface area contributed by atoms with E-state index in [0.717, 1.165) is 5.02 Å². The maximum atomic E-state index is 5.87. The summed E-state index contributed by atoms with van der Waals surface area (Å²) in [6, 6.07) is 18.8. The molecule has 15 heavy (non-hydrogen) atoms. The normalized spacial score (nSPS) is 12.4. The van der Waals surface area contributed by atoms with Crippen molar-refractivity contribution in [2.75, 3.05) is 0 Å². The molecule has 0 bridgehead atoms. The van der Waals surface area contributed by atoms with Gasteiger partial charge in [-0.25, -0.2) is 10.9 Å². The highest BCUT2D eigenvalue weighted by atomic mass is 35.5. The number of halogens is 1. The fourth-order valence-electron chi connectivity index (χ4n) is 1.91. The van der Waals surface area contributed by atoms with Crippen molar-refractivity contribution in [3.63, 3.8) is 0 Å². The highest BCUT2D eigenvalue weighted by molar-refractivity contribution is 6.84. The minimum Gasteiger partial charge on any atom is -0.208 e. The maximum absolute atomic E-state index is 5.87. The van der Waals surface area contributed by atoms with Crippen LogP contribution in [0, 0.1) is 0 Å². The number of benzene rings is 2. The molecule has 1 unspecified atom stereocenters. The predicted octanol–water partition coefficient (Wildman–Crippen LogP) is 2.31. The molecular formula is C13H13BCl-. The van der Waals surface area contributed by atoms with E-state index in [1.54, 1.807) is 0 Å². The lowest BCUT2D eigenvalue weighted by molar-refractivity contribution is 1.72. The minimum atomic E-state index is -0.431. The molecule has 0 saturated carbocycles. The summed E-state index contributed by atoms with van der Waals surface area (Å²) in [4.78, 5) is 0. The third-order valence-electron chi connectivity index (χ3n) is 2.98. The third-order valence-corrected chi connectivity index (χ3v) is 3.23. The first-order chi connectivity index (χ1) is 7.27. The Morgan fingerprint density at radius 3 is 1.93 bits per heavy atom. The summed E-state index contributed by atoms with van der Waals surface area (Å²) in [5.41, 5.74) is 2.80. The Labute approximate surface area is 96.0 Å². The summed E-state index contributed by atoms with van der Waals surface area (Å²) in [6.45, 7) is 1.86. The maximum Gasteiger partial charge on any atom is 0.0403 e. The van der Waals surface area contributed by atoms with Gasteiger partial charge in [0.25, 0.3) is 0 Å². The van der Waals surface area contributed by atoms with E-state index in [1.165, 1.54) is 10.9 Å². The zero-order valence-electron chi connectivity index (χ0n) is 8.78. The molecule has 76 valence electrons. The fourth-order valence-corrected chi connectivity index (χ4v) is 2.03. The van der Waals surface area contributed by atoms with Crippen molar-refractivity contribution in [1.82, 2.24) is 0 Å². The van der Waals surface area contributed by atoms with E-state index in [2.05, 4.69) is 49.3 Å². The molecule has 0 radical (unpaired) electrons. The first kappa shape index (κ1) is 10.3. The molecule has 0 heterocycles. The van der Waals surface area contributed by atoms with Crippen LogP contribution in [0.4, 0.5) is 0 Å². The second-order valence-electron chi connectivity index (χ2n) is 4.00. The van der Waals surface area contributed by atoms with Gasteiger partial charge in [0.2, 0.25) is 0 Å². The summed E-state index contributed by atoms with van der Waals surface area (Å²) >= 11 is 5.87. The molecule has 0 fully saturated rings. The van der Waals surface area contributed by atoms with Gasteiger partial charge in [-0.3, -0.25) is 0 Å². The average molecular weight is 216 g/mol. The Balaban J connectivity index is 2.29. The molecule has 0 aliphatic rings. The number of rotatable bonds is 2. The highest BCUT2D eigenvalue weighted by Gasteiger charge is 2.00. The molecule has 1 atom stereocenters. The molecule has 0 aliphatic carbocycles. The van der Waals surface area contributed by atoms with Gasteiger partial charge in [-0.05, 0) is 12.1 Å². The molecule has 0 aromatic heterocycles. The first-order valence-corrected chi connectivity index (χ1v) is 5.71. The second-order valence-corrected chi connectivity index (χ2v) is 4.43. The van der Waals surface area contributed by atoms with Gasteiger partial charge in [-0.2, -0.15) is 6.82 Å². The lowest BCUT2D eigenvalue weighted by Crippen LogP contribution is -2.38. The van der Waals surface area contributed by atoms with Crippen molar-refractivity contribution in [1.29, 1.82) is 0 Å². The van der Waals surface area contributed by atoms with E-state index in [4.69, 9.17) is 11.6 Å². The second kappa shape index (κ2) is 4.54. The lowest BCUT2D eigenvalue weighted by atomic mass is 9.43. The Bertz CT molecular complexity index is 422. The van der Waals surface area contributed by atoms with Crippen molar-refractivity contribution < 1.29 is 0 Å². The van der Waals surface area contributed by atoms with Gasteiger partial charge in [-0.1, -0.05) is 54.1 Å². The van der Waals surface area contributed by atoms with E-state index in [0.29, 0.717) is 0 Å². The Hall–Kier alpha value is -1.21. The Morgan fingerprint density at radius 1 is 0.800 bits per heavy atom. The van der Waals surface area contributed by atoms with Crippen LogP contribution in [0.15, 0.2) is 54.6 Å². The zero-order chi connectivity index (χ0) is 10.7. The molecule has 2 aromatic rings. The summed E-state index contributed by atoms with van der Waals surface area (Å²) in [5, 5.41) is 0.804. The minimum absolute atomic E-state index is 0.431. The number of hydrogen-bond donors (Lipinski definition) is 0. The average Bonchev–Trinajstić information content (AvgIpc) is 2.30. The molecule has 2 heteroatoms. The van der Waals surface area contributed by atoms with Gasteiger partial charge in [0.15, 0.2) is 0 Å². The molecule has 0 aliphatic heterocycles. The standard InChI is InChI=1S/C13H13BCl/c1-14(11-5-3-2-4-6-11)12-7-9-13(15)10-8-12/h2-10,14H,1H3/q-1. The summed E-state index contributed by atoms with van der Waals surface area (Å²) in [6.07, 6.45) is 0. The van der Waals surface area contributed by atoms with Crippen LogP contribution in [0.1, 0.15) is 0 Å². The SMILES string of the molecule is C[BH-](c1ccccc1)c1ccc(Cl)cc1. The quantitative estimate of drug-likeness (QED) is 0.675. The van der Waals surface area contributed by atoms with Crippen LogP contribution in [0.2, 0.25) is 11.8 Å². The molecule has 0 N–H and O–H groups in total. The topological polar surface area (TPSA) is 0 Å². The third kappa shape index (κ3) is 2.43. The van der Waals surface area contributed by atoms with E-state index >= 15 is 0 Å². The van der Waals surface area contributed by atoms with Crippen LogP contribution in [-0.2, 0) is 0 Å². The van der Waals surface area contributed by atoms with Gasteiger partial charge in [-0.15, -0.1) is 0 Å².